The zero-order valence-corrected chi connectivity index (χ0v) is 7.31. The van der Waals surface area contributed by atoms with Gasteiger partial charge < -0.3 is 0 Å². The van der Waals surface area contributed by atoms with Crippen LogP contribution in [-0.2, 0) is 0 Å². The van der Waals surface area contributed by atoms with Crippen molar-refractivity contribution in [2.45, 2.75) is 0 Å². The molecular formula is C10H8N2O2. The van der Waals surface area contributed by atoms with Gasteiger partial charge in [0, 0.05) is 17.8 Å². The van der Waals surface area contributed by atoms with Crippen molar-refractivity contribution in [1.29, 1.82) is 0 Å². The highest BCUT2D eigenvalue weighted by Crippen LogP contribution is 2.00. The average Bonchev–Trinajstić information content (AvgIpc) is 2.65. The highest BCUT2D eigenvalue weighted by molar-refractivity contribution is 5.95. The smallest absolute Gasteiger partial charge is 0.268 e. The first kappa shape index (κ1) is 8.50. The van der Waals surface area contributed by atoms with Gasteiger partial charge in [-0.1, -0.05) is 18.2 Å². The van der Waals surface area contributed by atoms with E-state index >= 15 is 0 Å². The highest BCUT2D eigenvalue weighted by atomic mass is 16.2. The van der Waals surface area contributed by atoms with Crippen molar-refractivity contribution < 1.29 is 4.79 Å². The minimum absolute atomic E-state index is 0.243. The van der Waals surface area contributed by atoms with Crippen molar-refractivity contribution in [2.24, 2.45) is 0 Å². The predicted octanol–water partition coefficient (Wildman–Crippen LogP) is 0.865. The van der Waals surface area contributed by atoms with Crippen LogP contribution in [0.1, 0.15) is 10.4 Å². The standard InChI is InChI=1S/C10H8N2O2/c13-9-6-7-12(11-9)10(14)8-4-2-1-3-5-8/h1-7H,(H,11,13). The van der Waals surface area contributed by atoms with Crippen LogP contribution in [0.25, 0.3) is 0 Å². The molecule has 0 unspecified atom stereocenters. The van der Waals surface area contributed by atoms with Gasteiger partial charge in [-0.2, -0.15) is 0 Å². The number of aromatic nitrogens is 2. The van der Waals surface area contributed by atoms with Crippen LogP contribution in [0.2, 0.25) is 0 Å². The van der Waals surface area contributed by atoms with E-state index in [0.29, 0.717) is 5.56 Å². The van der Waals surface area contributed by atoms with E-state index in [4.69, 9.17) is 0 Å². The van der Waals surface area contributed by atoms with Crippen LogP contribution in [0.5, 0.6) is 0 Å². The van der Waals surface area contributed by atoms with E-state index < -0.39 is 0 Å². The fourth-order valence-corrected chi connectivity index (χ4v) is 1.17. The Morgan fingerprint density at radius 2 is 1.86 bits per heavy atom. The molecule has 2 aromatic rings. The number of nitrogens with zero attached hydrogens (tertiary/aromatic N) is 1. The molecule has 1 aromatic heterocycles. The molecule has 70 valence electrons. The first-order chi connectivity index (χ1) is 6.77. The Morgan fingerprint density at radius 1 is 1.14 bits per heavy atom. The van der Waals surface area contributed by atoms with Crippen molar-refractivity contribution in [3.63, 3.8) is 0 Å². The summed E-state index contributed by atoms with van der Waals surface area (Å²) in [7, 11) is 0. The van der Waals surface area contributed by atoms with E-state index in [9.17, 15) is 9.59 Å². The van der Waals surface area contributed by atoms with Crippen LogP contribution in [0, 0.1) is 0 Å². The van der Waals surface area contributed by atoms with Crippen LogP contribution in [-0.4, -0.2) is 15.7 Å². The van der Waals surface area contributed by atoms with Gasteiger partial charge in [-0.05, 0) is 12.1 Å². The molecule has 0 fully saturated rings. The lowest BCUT2D eigenvalue weighted by atomic mass is 10.2. The Labute approximate surface area is 79.8 Å². The maximum Gasteiger partial charge on any atom is 0.276 e. The molecule has 0 aliphatic rings. The summed E-state index contributed by atoms with van der Waals surface area (Å²) < 4.78 is 1.16. The normalized spacial score (nSPS) is 10.0. The molecule has 0 aliphatic carbocycles. The Bertz CT molecular complexity index is 496. The summed E-state index contributed by atoms with van der Waals surface area (Å²) in [6.07, 6.45) is 1.41. The van der Waals surface area contributed by atoms with Gasteiger partial charge in [0.1, 0.15) is 0 Å². The quantitative estimate of drug-likeness (QED) is 0.721. The molecule has 4 heteroatoms. The van der Waals surface area contributed by atoms with E-state index in [1.165, 1.54) is 12.3 Å². The number of rotatable bonds is 1. The molecule has 1 N–H and O–H groups in total. The van der Waals surface area contributed by atoms with Crippen LogP contribution in [0.4, 0.5) is 0 Å². The van der Waals surface area contributed by atoms with E-state index in [2.05, 4.69) is 5.10 Å². The van der Waals surface area contributed by atoms with Gasteiger partial charge in [-0.3, -0.25) is 14.7 Å². The second kappa shape index (κ2) is 3.33. The van der Waals surface area contributed by atoms with Gasteiger partial charge in [0.25, 0.3) is 11.5 Å². The molecule has 0 spiro atoms. The molecule has 1 heterocycles. The van der Waals surface area contributed by atoms with E-state index in [-0.39, 0.29) is 11.5 Å². The maximum absolute atomic E-state index is 11.7. The van der Waals surface area contributed by atoms with Gasteiger partial charge in [0.15, 0.2) is 0 Å². The second-order valence-corrected chi connectivity index (χ2v) is 2.83. The third-order valence-corrected chi connectivity index (χ3v) is 1.85. The number of carbonyl (C=O) groups excluding carboxylic acids is 1. The van der Waals surface area contributed by atoms with Gasteiger partial charge in [0.2, 0.25) is 0 Å². The topological polar surface area (TPSA) is 54.9 Å². The first-order valence-corrected chi connectivity index (χ1v) is 4.15. The van der Waals surface area contributed by atoms with Crippen molar-refractivity contribution >= 4 is 5.91 Å². The van der Waals surface area contributed by atoms with Crippen molar-refractivity contribution in [3.8, 4) is 0 Å². The van der Waals surface area contributed by atoms with Gasteiger partial charge >= 0.3 is 0 Å². The predicted molar refractivity (Wildman–Crippen MR) is 51.2 cm³/mol. The largest absolute Gasteiger partial charge is 0.276 e. The maximum atomic E-state index is 11.7. The van der Waals surface area contributed by atoms with Crippen molar-refractivity contribution in [2.75, 3.05) is 0 Å². The fourth-order valence-electron chi connectivity index (χ4n) is 1.17. The molecule has 0 atom stereocenters. The van der Waals surface area contributed by atoms with Crippen LogP contribution >= 0.6 is 0 Å². The second-order valence-electron chi connectivity index (χ2n) is 2.83. The van der Waals surface area contributed by atoms with Crippen LogP contribution in [0.15, 0.2) is 47.4 Å². The monoisotopic (exact) mass is 188 g/mol. The lowest BCUT2D eigenvalue weighted by molar-refractivity contribution is 0.0944. The summed E-state index contributed by atoms with van der Waals surface area (Å²) in [4.78, 5) is 22.4. The summed E-state index contributed by atoms with van der Waals surface area (Å²) in [6, 6.07) is 10.1. The molecule has 0 radical (unpaired) electrons. The zero-order chi connectivity index (χ0) is 9.97. The summed E-state index contributed by atoms with van der Waals surface area (Å²) >= 11 is 0. The Kier molecular flexibility index (Phi) is 2.02. The number of H-pyrrole nitrogens is 1. The number of benzene rings is 1. The third kappa shape index (κ3) is 1.50. The first-order valence-electron chi connectivity index (χ1n) is 4.15. The summed E-state index contributed by atoms with van der Waals surface area (Å²) in [6.45, 7) is 0. The van der Waals surface area contributed by atoms with Crippen LogP contribution in [0.3, 0.4) is 0 Å². The lowest BCUT2D eigenvalue weighted by Crippen LogP contribution is -2.15. The SMILES string of the molecule is O=C(c1ccccc1)n1ccc(=O)[nH]1. The number of hydrogen-bond acceptors (Lipinski definition) is 2. The Hall–Kier alpha value is -2.10. The average molecular weight is 188 g/mol. The van der Waals surface area contributed by atoms with Crippen molar-refractivity contribution in [1.82, 2.24) is 9.78 Å². The summed E-state index contributed by atoms with van der Waals surface area (Å²) in [5.41, 5.74) is 0.258. The molecule has 4 nitrogen and oxygen atoms in total. The van der Waals surface area contributed by atoms with Crippen LogP contribution < -0.4 is 5.56 Å². The molecule has 0 saturated heterocycles. The molecule has 14 heavy (non-hydrogen) atoms. The zero-order valence-electron chi connectivity index (χ0n) is 7.31. The molecule has 1 aromatic carbocycles. The summed E-state index contributed by atoms with van der Waals surface area (Å²) in [5, 5.41) is 2.39. The van der Waals surface area contributed by atoms with E-state index in [1.54, 1.807) is 24.3 Å². The number of hydrogen-bond donors (Lipinski definition) is 1. The van der Waals surface area contributed by atoms with Gasteiger partial charge in [-0.25, -0.2) is 4.68 Å². The molecule has 0 amide bonds. The molecule has 0 bridgehead atoms. The minimum Gasteiger partial charge on any atom is -0.268 e. The summed E-state index contributed by atoms with van der Waals surface area (Å²) in [5.74, 6) is -0.243. The lowest BCUT2D eigenvalue weighted by Gasteiger charge is -1.99. The number of carbonyl (C=O) groups is 1. The molecular weight excluding hydrogens is 180 g/mol. The minimum atomic E-state index is -0.283. The Morgan fingerprint density at radius 3 is 2.43 bits per heavy atom. The van der Waals surface area contributed by atoms with E-state index in [1.807, 2.05) is 6.07 Å². The molecule has 2 rings (SSSR count). The molecule has 0 aliphatic heterocycles. The fraction of sp³-hybridized carbons (Fsp3) is 0. The number of aromatic amines is 1. The van der Waals surface area contributed by atoms with Gasteiger partial charge in [-0.15, -0.1) is 0 Å². The van der Waals surface area contributed by atoms with Gasteiger partial charge in [0.05, 0.1) is 0 Å². The number of nitrogens with one attached hydrogen (secondary N) is 1. The van der Waals surface area contributed by atoms with E-state index in [0.717, 1.165) is 4.68 Å². The molecule has 0 saturated carbocycles. The highest BCUT2D eigenvalue weighted by Gasteiger charge is 2.06. The Balaban J connectivity index is 2.38. The van der Waals surface area contributed by atoms with Crippen molar-refractivity contribution in [3.05, 3.63) is 58.5 Å². The third-order valence-electron chi connectivity index (χ3n) is 1.85.